The van der Waals surface area contributed by atoms with Crippen molar-refractivity contribution in [3.63, 3.8) is 0 Å². The number of aldehydes is 1. The van der Waals surface area contributed by atoms with Gasteiger partial charge in [0.05, 0.1) is 6.61 Å². The highest BCUT2D eigenvalue weighted by Crippen LogP contribution is 2.23. The summed E-state index contributed by atoms with van der Waals surface area (Å²) in [5.41, 5.74) is 3.77. The standard InChI is InChI=1S/C14H14O2.C14H12O2/c2*1-11-4-2-6-13(8-11)16-14-7-3-5-12(9-14)10-15/h2-9,15H,10H2,1H3;2-10H,1H3. The van der Waals surface area contributed by atoms with E-state index in [0.717, 1.165) is 40.2 Å². The van der Waals surface area contributed by atoms with Crippen molar-refractivity contribution < 1.29 is 19.4 Å². The van der Waals surface area contributed by atoms with Gasteiger partial charge in [-0.05, 0) is 79.1 Å². The van der Waals surface area contributed by atoms with Crippen LogP contribution in [0.3, 0.4) is 0 Å². The van der Waals surface area contributed by atoms with Gasteiger partial charge < -0.3 is 14.6 Å². The highest BCUT2D eigenvalue weighted by molar-refractivity contribution is 5.75. The molecule has 4 rings (SSSR count). The van der Waals surface area contributed by atoms with Crippen LogP contribution in [0.1, 0.15) is 27.0 Å². The van der Waals surface area contributed by atoms with Crippen LogP contribution in [0.15, 0.2) is 97.1 Å². The molecule has 0 unspecified atom stereocenters. The van der Waals surface area contributed by atoms with E-state index < -0.39 is 0 Å². The maximum atomic E-state index is 10.6. The molecule has 0 spiro atoms. The second kappa shape index (κ2) is 11.5. The number of hydrogen-bond donors (Lipinski definition) is 1. The van der Waals surface area contributed by atoms with Gasteiger partial charge in [0, 0.05) is 5.56 Å². The van der Waals surface area contributed by atoms with E-state index in [1.165, 1.54) is 0 Å². The number of carbonyl (C=O) groups excluding carboxylic acids is 1. The highest BCUT2D eigenvalue weighted by atomic mass is 16.5. The molecule has 0 bridgehead atoms. The largest absolute Gasteiger partial charge is 0.457 e. The van der Waals surface area contributed by atoms with Gasteiger partial charge in [-0.25, -0.2) is 0 Å². The van der Waals surface area contributed by atoms with Crippen molar-refractivity contribution in [2.24, 2.45) is 0 Å². The quantitative estimate of drug-likeness (QED) is 0.342. The number of benzene rings is 4. The molecule has 4 heteroatoms. The van der Waals surface area contributed by atoms with Crippen molar-refractivity contribution >= 4 is 6.29 Å². The van der Waals surface area contributed by atoms with E-state index in [4.69, 9.17) is 14.6 Å². The minimum absolute atomic E-state index is 0.0328. The smallest absolute Gasteiger partial charge is 0.150 e. The number of rotatable bonds is 6. The summed E-state index contributed by atoms with van der Waals surface area (Å²) >= 11 is 0. The second-order valence-corrected chi connectivity index (χ2v) is 7.33. The predicted octanol–water partition coefficient (Wildman–Crippen LogP) is 6.88. The topological polar surface area (TPSA) is 55.8 Å². The van der Waals surface area contributed by atoms with Crippen LogP contribution in [-0.2, 0) is 6.61 Å². The van der Waals surface area contributed by atoms with Crippen LogP contribution in [0.5, 0.6) is 23.0 Å². The van der Waals surface area contributed by atoms with E-state index in [2.05, 4.69) is 0 Å². The molecule has 4 aromatic carbocycles. The first-order valence-corrected chi connectivity index (χ1v) is 10.3. The first-order valence-electron chi connectivity index (χ1n) is 10.3. The molecule has 0 radical (unpaired) electrons. The zero-order valence-corrected chi connectivity index (χ0v) is 18.2. The predicted molar refractivity (Wildman–Crippen MR) is 127 cm³/mol. The number of aliphatic hydroxyl groups excluding tert-OH is 1. The molecule has 0 saturated carbocycles. The Bertz CT molecular complexity index is 1170. The van der Waals surface area contributed by atoms with Gasteiger partial charge in [0.25, 0.3) is 0 Å². The van der Waals surface area contributed by atoms with Crippen molar-refractivity contribution in [1.82, 2.24) is 0 Å². The lowest BCUT2D eigenvalue weighted by Gasteiger charge is -2.07. The van der Waals surface area contributed by atoms with Crippen LogP contribution in [0, 0.1) is 13.8 Å². The lowest BCUT2D eigenvalue weighted by Crippen LogP contribution is -1.87. The first kappa shape index (κ1) is 22.8. The Morgan fingerprint density at radius 3 is 1.62 bits per heavy atom. The van der Waals surface area contributed by atoms with Gasteiger partial charge in [-0.1, -0.05) is 48.5 Å². The number of carbonyl (C=O) groups is 1. The van der Waals surface area contributed by atoms with E-state index in [1.807, 2.05) is 92.7 Å². The van der Waals surface area contributed by atoms with Gasteiger partial charge in [0.2, 0.25) is 0 Å². The highest BCUT2D eigenvalue weighted by Gasteiger charge is 1.99. The number of aryl methyl sites for hydroxylation is 2. The molecular formula is C28H26O4. The minimum atomic E-state index is 0.0328. The van der Waals surface area contributed by atoms with E-state index in [1.54, 1.807) is 18.2 Å². The number of hydrogen-bond acceptors (Lipinski definition) is 4. The zero-order chi connectivity index (χ0) is 22.8. The SMILES string of the molecule is Cc1cccc(Oc2cccc(C=O)c2)c1.Cc1cccc(Oc2cccc(CO)c2)c1. The van der Waals surface area contributed by atoms with Gasteiger partial charge in [0.15, 0.2) is 0 Å². The Morgan fingerprint density at radius 1 is 0.656 bits per heavy atom. The number of aliphatic hydroxyl groups is 1. The maximum Gasteiger partial charge on any atom is 0.150 e. The molecule has 0 heterocycles. The van der Waals surface area contributed by atoms with Crippen LogP contribution in [0.4, 0.5) is 0 Å². The molecule has 0 aromatic heterocycles. The minimum Gasteiger partial charge on any atom is -0.457 e. The second-order valence-electron chi connectivity index (χ2n) is 7.33. The normalized spacial score (nSPS) is 9.97. The van der Waals surface area contributed by atoms with Crippen LogP contribution in [0.25, 0.3) is 0 Å². The molecule has 0 amide bonds. The molecular weight excluding hydrogens is 400 g/mol. The van der Waals surface area contributed by atoms with E-state index in [-0.39, 0.29) is 6.61 Å². The summed E-state index contributed by atoms with van der Waals surface area (Å²) < 4.78 is 11.3. The summed E-state index contributed by atoms with van der Waals surface area (Å²) in [6.07, 6.45) is 0.809. The molecule has 4 aromatic rings. The molecule has 4 nitrogen and oxygen atoms in total. The molecule has 0 saturated heterocycles. The lowest BCUT2D eigenvalue weighted by molar-refractivity contribution is 0.112. The molecule has 0 aliphatic carbocycles. The van der Waals surface area contributed by atoms with Crippen molar-refractivity contribution in [3.8, 4) is 23.0 Å². The Labute approximate surface area is 188 Å². The van der Waals surface area contributed by atoms with Crippen molar-refractivity contribution in [2.45, 2.75) is 20.5 Å². The van der Waals surface area contributed by atoms with Crippen LogP contribution >= 0.6 is 0 Å². The molecule has 32 heavy (non-hydrogen) atoms. The monoisotopic (exact) mass is 426 g/mol. The van der Waals surface area contributed by atoms with Crippen molar-refractivity contribution in [2.75, 3.05) is 0 Å². The van der Waals surface area contributed by atoms with Crippen LogP contribution in [-0.4, -0.2) is 11.4 Å². The summed E-state index contributed by atoms with van der Waals surface area (Å²) in [6.45, 7) is 4.07. The summed E-state index contributed by atoms with van der Waals surface area (Å²) in [5.74, 6) is 3.02. The molecule has 0 fully saturated rings. The third-order valence-corrected chi connectivity index (χ3v) is 4.53. The maximum absolute atomic E-state index is 10.6. The van der Waals surface area contributed by atoms with Gasteiger partial charge in [-0.2, -0.15) is 0 Å². The molecule has 0 aliphatic rings. The van der Waals surface area contributed by atoms with Crippen molar-refractivity contribution in [1.29, 1.82) is 0 Å². The lowest BCUT2D eigenvalue weighted by atomic mass is 10.2. The summed E-state index contributed by atoms with van der Waals surface area (Å²) in [7, 11) is 0. The Kier molecular flexibility index (Phi) is 8.18. The Balaban J connectivity index is 0.000000181. The summed E-state index contributed by atoms with van der Waals surface area (Å²) in [5, 5.41) is 9.02. The van der Waals surface area contributed by atoms with Crippen LogP contribution in [0.2, 0.25) is 0 Å². The Hall–Kier alpha value is -3.89. The van der Waals surface area contributed by atoms with Gasteiger partial charge in [-0.15, -0.1) is 0 Å². The average Bonchev–Trinajstić information content (AvgIpc) is 2.80. The van der Waals surface area contributed by atoms with Gasteiger partial charge >= 0.3 is 0 Å². The average molecular weight is 427 g/mol. The third-order valence-electron chi connectivity index (χ3n) is 4.53. The fourth-order valence-electron chi connectivity index (χ4n) is 2.99. The fourth-order valence-corrected chi connectivity index (χ4v) is 2.99. The summed E-state index contributed by atoms with van der Waals surface area (Å²) in [6, 6.07) is 30.2. The van der Waals surface area contributed by atoms with Crippen molar-refractivity contribution in [3.05, 3.63) is 119 Å². The molecule has 0 aliphatic heterocycles. The van der Waals surface area contributed by atoms with Gasteiger partial charge in [0.1, 0.15) is 29.3 Å². The van der Waals surface area contributed by atoms with Gasteiger partial charge in [-0.3, -0.25) is 4.79 Å². The molecule has 0 atom stereocenters. The first-order chi connectivity index (χ1) is 15.6. The van der Waals surface area contributed by atoms with E-state index >= 15 is 0 Å². The zero-order valence-electron chi connectivity index (χ0n) is 18.2. The third kappa shape index (κ3) is 7.11. The van der Waals surface area contributed by atoms with E-state index in [9.17, 15) is 4.79 Å². The number of ether oxygens (including phenoxy) is 2. The Morgan fingerprint density at radius 2 is 1.12 bits per heavy atom. The molecule has 162 valence electrons. The summed E-state index contributed by atoms with van der Waals surface area (Å²) in [4.78, 5) is 10.6. The molecule has 1 N–H and O–H groups in total. The van der Waals surface area contributed by atoms with E-state index in [0.29, 0.717) is 11.3 Å². The van der Waals surface area contributed by atoms with Crippen LogP contribution < -0.4 is 9.47 Å². The fraction of sp³-hybridized carbons (Fsp3) is 0.107.